The second-order valence-electron chi connectivity index (χ2n) is 4.48. The van der Waals surface area contributed by atoms with Crippen LogP contribution in [0.25, 0.3) is 0 Å². The normalized spacial score (nSPS) is 14.6. The number of nitrogens with zero attached hydrogens (tertiary/aromatic N) is 2. The van der Waals surface area contributed by atoms with Crippen LogP contribution in [0.2, 0.25) is 0 Å². The van der Waals surface area contributed by atoms with Gasteiger partial charge in [0.2, 0.25) is 5.91 Å². The smallest absolute Gasteiger partial charge is 0.325 e. The van der Waals surface area contributed by atoms with Gasteiger partial charge < -0.3 is 15.0 Å². The lowest BCUT2D eigenvalue weighted by Gasteiger charge is -2.20. The van der Waals surface area contributed by atoms with Gasteiger partial charge in [0, 0.05) is 19.6 Å². The largest absolute Gasteiger partial charge is 0.495 e. The van der Waals surface area contributed by atoms with Gasteiger partial charge in [0.15, 0.2) is 0 Å². The SMILES string of the molecule is CCNC(=O)CN1CCN(c2ccccc2OC)C1=O. The average molecular weight is 277 g/mol. The summed E-state index contributed by atoms with van der Waals surface area (Å²) in [6, 6.07) is 7.20. The Morgan fingerprint density at radius 1 is 1.35 bits per heavy atom. The maximum atomic E-state index is 12.3. The van der Waals surface area contributed by atoms with E-state index in [1.165, 1.54) is 4.90 Å². The van der Waals surface area contributed by atoms with Crippen molar-refractivity contribution in [1.82, 2.24) is 10.2 Å². The maximum Gasteiger partial charge on any atom is 0.325 e. The van der Waals surface area contributed by atoms with E-state index in [9.17, 15) is 9.59 Å². The highest BCUT2D eigenvalue weighted by Crippen LogP contribution is 2.30. The van der Waals surface area contributed by atoms with Crippen LogP contribution in [0.1, 0.15) is 6.92 Å². The molecule has 1 aliphatic rings. The number of likely N-dealkylation sites (N-methyl/N-ethyl adjacent to an activating group) is 1. The highest BCUT2D eigenvalue weighted by molar-refractivity contribution is 5.97. The molecule has 0 aliphatic carbocycles. The van der Waals surface area contributed by atoms with Gasteiger partial charge in [-0.15, -0.1) is 0 Å². The van der Waals surface area contributed by atoms with Crippen LogP contribution in [0.3, 0.4) is 0 Å². The Labute approximate surface area is 118 Å². The second-order valence-corrected chi connectivity index (χ2v) is 4.48. The van der Waals surface area contributed by atoms with Crippen LogP contribution in [-0.4, -0.2) is 50.1 Å². The summed E-state index contributed by atoms with van der Waals surface area (Å²) in [5.74, 6) is 0.517. The number of anilines is 1. The van der Waals surface area contributed by atoms with E-state index in [-0.39, 0.29) is 18.5 Å². The summed E-state index contributed by atoms with van der Waals surface area (Å²) in [5.41, 5.74) is 0.735. The summed E-state index contributed by atoms with van der Waals surface area (Å²) < 4.78 is 5.27. The number of urea groups is 1. The minimum absolute atomic E-state index is 0.0956. The van der Waals surface area contributed by atoms with E-state index in [4.69, 9.17) is 4.74 Å². The summed E-state index contributed by atoms with van der Waals surface area (Å²) in [6.45, 7) is 3.60. The number of hydrogen-bond acceptors (Lipinski definition) is 3. The number of carbonyl (C=O) groups is 2. The molecule has 1 aromatic rings. The first-order valence-corrected chi connectivity index (χ1v) is 6.63. The van der Waals surface area contributed by atoms with Crippen LogP contribution < -0.4 is 15.0 Å². The van der Waals surface area contributed by atoms with Gasteiger partial charge in [-0.2, -0.15) is 0 Å². The zero-order valence-electron chi connectivity index (χ0n) is 11.8. The van der Waals surface area contributed by atoms with Crippen molar-refractivity contribution in [3.05, 3.63) is 24.3 Å². The predicted molar refractivity (Wildman–Crippen MR) is 76.0 cm³/mol. The van der Waals surface area contributed by atoms with E-state index < -0.39 is 0 Å². The van der Waals surface area contributed by atoms with Crippen molar-refractivity contribution < 1.29 is 14.3 Å². The Morgan fingerprint density at radius 3 is 2.80 bits per heavy atom. The molecule has 0 aromatic heterocycles. The van der Waals surface area contributed by atoms with Crippen molar-refractivity contribution >= 4 is 17.6 Å². The van der Waals surface area contributed by atoms with Gasteiger partial charge in [0.05, 0.1) is 12.8 Å². The van der Waals surface area contributed by atoms with Crippen molar-refractivity contribution in [2.24, 2.45) is 0 Å². The van der Waals surface area contributed by atoms with E-state index in [0.717, 1.165) is 5.69 Å². The molecule has 3 amide bonds. The third-order valence-corrected chi connectivity index (χ3v) is 3.18. The van der Waals surface area contributed by atoms with Crippen LogP contribution in [-0.2, 0) is 4.79 Å². The standard InChI is InChI=1S/C14H19N3O3/c1-3-15-13(18)10-16-8-9-17(14(16)19)11-6-4-5-7-12(11)20-2/h4-7H,3,8-10H2,1-2H3,(H,15,18). The third-order valence-electron chi connectivity index (χ3n) is 3.18. The lowest BCUT2D eigenvalue weighted by atomic mass is 10.2. The zero-order valence-corrected chi connectivity index (χ0v) is 11.8. The Morgan fingerprint density at radius 2 is 2.10 bits per heavy atom. The summed E-state index contributed by atoms with van der Waals surface area (Å²) in [5, 5.41) is 2.69. The molecule has 6 nitrogen and oxygen atoms in total. The molecule has 0 spiro atoms. The van der Waals surface area contributed by atoms with E-state index >= 15 is 0 Å². The first-order valence-electron chi connectivity index (χ1n) is 6.63. The number of amides is 3. The summed E-state index contributed by atoms with van der Waals surface area (Å²) >= 11 is 0. The van der Waals surface area contributed by atoms with E-state index in [1.807, 2.05) is 31.2 Å². The molecule has 6 heteroatoms. The van der Waals surface area contributed by atoms with Gasteiger partial charge in [-0.3, -0.25) is 9.69 Å². The van der Waals surface area contributed by atoms with Crippen molar-refractivity contribution in [3.8, 4) is 5.75 Å². The second kappa shape index (κ2) is 6.27. The van der Waals surface area contributed by atoms with Crippen LogP contribution in [0, 0.1) is 0 Å². The molecule has 1 N–H and O–H groups in total. The number of benzene rings is 1. The van der Waals surface area contributed by atoms with Crippen molar-refractivity contribution in [2.75, 3.05) is 38.2 Å². The van der Waals surface area contributed by atoms with E-state index in [2.05, 4.69) is 5.32 Å². The summed E-state index contributed by atoms with van der Waals surface area (Å²) in [4.78, 5) is 27.1. The fraction of sp³-hybridized carbons (Fsp3) is 0.429. The molecular weight excluding hydrogens is 258 g/mol. The molecule has 1 fully saturated rings. The molecule has 1 heterocycles. The monoisotopic (exact) mass is 277 g/mol. The molecule has 2 rings (SSSR count). The lowest BCUT2D eigenvalue weighted by Crippen LogP contribution is -2.39. The van der Waals surface area contributed by atoms with Crippen LogP contribution in [0.5, 0.6) is 5.75 Å². The Bertz CT molecular complexity index is 504. The van der Waals surface area contributed by atoms with Gasteiger partial charge in [-0.05, 0) is 19.1 Å². The molecule has 0 saturated carbocycles. The highest BCUT2D eigenvalue weighted by Gasteiger charge is 2.32. The van der Waals surface area contributed by atoms with Gasteiger partial charge >= 0.3 is 6.03 Å². The lowest BCUT2D eigenvalue weighted by molar-refractivity contribution is -0.121. The molecule has 0 unspecified atom stereocenters. The van der Waals surface area contributed by atoms with E-state index in [1.54, 1.807) is 12.0 Å². The van der Waals surface area contributed by atoms with Gasteiger partial charge in [0.1, 0.15) is 12.3 Å². The topological polar surface area (TPSA) is 61.9 Å². The van der Waals surface area contributed by atoms with Crippen molar-refractivity contribution in [3.63, 3.8) is 0 Å². The zero-order chi connectivity index (χ0) is 14.5. The number of rotatable bonds is 5. The number of para-hydroxylation sites is 2. The quantitative estimate of drug-likeness (QED) is 0.876. The Balaban J connectivity index is 2.09. The summed E-state index contributed by atoms with van der Waals surface area (Å²) in [6.07, 6.45) is 0. The Hall–Kier alpha value is -2.24. The van der Waals surface area contributed by atoms with E-state index in [0.29, 0.717) is 25.4 Å². The maximum absolute atomic E-state index is 12.3. The van der Waals surface area contributed by atoms with Crippen molar-refractivity contribution in [1.29, 1.82) is 0 Å². The Kier molecular flexibility index (Phi) is 4.45. The minimum atomic E-state index is -0.166. The number of ether oxygens (including phenoxy) is 1. The number of carbonyl (C=O) groups excluding carboxylic acids is 2. The molecule has 108 valence electrons. The molecule has 0 bridgehead atoms. The molecule has 1 aliphatic heterocycles. The fourth-order valence-electron chi connectivity index (χ4n) is 2.23. The molecule has 0 atom stereocenters. The van der Waals surface area contributed by atoms with Crippen LogP contribution in [0.4, 0.5) is 10.5 Å². The molecular formula is C14H19N3O3. The predicted octanol–water partition coefficient (Wildman–Crippen LogP) is 1.07. The minimum Gasteiger partial charge on any atom is -0.495 e. The van der Waals surface area contributed by atoms with Crippen LogP contribution >= 0.6 is 0 Å². The molecule has 1 aromatic carbocycles. The molecule has 20 heavy (non-hydrogen) atoms. The fourth-order valence-corrected chi connectivity index (χ4v) is 2.23. The first-order chi connectivity index (χ1) is 9.67. The van der Waals surface area contributed by atoms with Gasteiger partial charge in [-0.1, -0.05) is 12.1 Å². The number of nitrogens with one attached hydrogen (secondary N) is 1. The van der Waals surface area contributed by atoms with Gasteiger partial charge in [-0.25, -0.2) is 4.79 Å². The number of methoxy groups -OCH3 is 1. The number of hydrogen-bond donors (Lipinski definition) is 1. The molecule has 0 radical (unpaired) electrons. The van der Waals surface area contributed by atoms with Gasteiger partial charge in [0.25, 0.3) is 0 Å². The summed E-state index contributed by atoms with van der Waals surface area (Å²) in [7, 11) is 1.58. The van der Waals surface area contributed by atoms with Crippen LogP contribution in [0.15, 0.2) is 24.3 Å². The first kappa shape index (κ1) is 14.2. The van der Waals surface area contributed by atoms with Crippen molar-refractivity contribution in [2.45, 2.75) is 6.92 Å². The highest BCUT2D eigenvalue weighted by atomic mass is 16.5. The molecule has 1 saturated heterocycles. The third kappa shape index (κ3) is 2.84. The average Bonchev–Trinajstić information content (AvgIpc) is 2.80.